The van der Waals surface area contributed by atoms with Crippen LogP contribution in [0.3, 0.4) is 0 Å². The largest absolute Gasteiger partial charge is 0.451 e. The van der Waals surface area contributed by atoms with E-state index in [0.29, 0.717) is 28.7 Å². The van der Waals surface area contributed by atoms with Crippen molar-refractivity contribution in [2.75, 3.05) is 11.9 Å². The first-order valence-electron chi connectivity index (χ1n) is 10.3. The Hall–Kier alpha value is -3.09. The van der Waals surface area contributed by atoms with Crippen molar-refractivity contribution in [2.24, 2.45) is 5.14 Å². The monoisotopic (exact) mass is 490 g/mol. The van der Waals surface area contributed by atoms with E-state index in [0.717, 1.165) is 36.4 Å². The number of nitrogens with two attached hydrogens (primary N) is 1. The van der Waals surface area contributed by atoms with Gasteiger partial charge in [0.15, 0.2) is 6.61 Å². The van der Waals surface area contributed by atoms with Crippen LogP contribution in [0.25, 0.3) is 10.2 Å². The number of nitrogens with one attached hydrogen (secondary N) is 1. The van der Waals surface area contributed by atoms with Crippen molar-refractivity contribution < 1.29 is 22.7 Å². The second-order valence-electron chi connectivity index (χ2n) is 7.73. The maximum Gasteiger partial charge on any atom is 0.349 e. The van der Waals surface area contributed by atoms with Gasteiger partial charge in [-0.15, -0.1) is 11.3 Å². The van der Waals surface area contributed by atoms with E-state index in [1.54, 1.807) is 11.5 Å². The van der Waals surface area contributed by atoms with Gasteiger partial charge in [-0.1, -0.05) is 12.5 Å². The van der Waals surface area contributed by atoms with E-state index in [-0.39, 0.29) is 21.0 Å². The smallest absolute Gasteiger partial charge is 0.349 e. The number of amides is 1. The molecule has 0 atom stereocenters. The number of fused-ring (bicyclic) bond motifs is 2. The quantitative estimate of drug-likeness (QED) is 0.519. The predicted octanol–water partition coefficient (Wildman–Crippen LogP) is 1.94. The van der Waals surface area contributed by atoms with Gasteiger partial charge in [-0.05, 0) is 43.5 Å². The highest BCUT2D eigenvalue weighted by atomic mass is 32.2. The highest BCUT2D eigenvalue weighted by Gasteiger charge is 2.23. The molecule has 0 unspecified atom stereocenters. The summed E-state index contributed by atoms with van der Waals surface area (Å²) in [6, 6.07) is 5.41. The van der Waals surface area contributed by atoms with Crippen LogP contribution < -0.4 is 16.0 Å². The maximum absolute atomic E-state index is 13.0. The van der Waals surface area contributed by atoms with Gasteiger partial charge in [0, 0.05) is 18.7 Å². The van der Waals surface area contributed by atoms with Crippen LogP contribution in [-0.4, -0.2) is 36.5 Å². The molecule has 12 heteroatoms. The molecule has 174 valence electrons. The number of anilines is 1. The second-order valence-corrected chi connectivity index (χ2v) is 10.3. The SMILES string of the molecule is Cc1c(C(=O)OCC(=O)Nc2cccc(S(N)(=O)=O)c2)sc2nc3n(c(=O)c12)CCCCC3. The van der Waals surface area contributed by atoms with Crippen LogP contribution in [-0.2, 0) is 32.5 Å². The summed E-state index contributed by atoms with van der Waals surface area (Å²) in [7, 11) is -3.92. The Bertz CT molecular complexity index is 1420. The van der Waals surface area contributed by atoms with Crippen molar-refractivity contribution in [3.05, 3.63) is 50.9 Å². The van der Waals surface area contributed by atoms with Gasteiger partial charge in [-0.3, -0.25) is 14.2 Å². The number of carbonyl (C=O) groups is 2. The number of nitrogens with zero attached hydrogens (tertiary/aromatic N) is 2. The van der Waals surface area contributed by atoms with Gasteiger partial charge < -0.3 is 10.1 Å². The first-order chi connectivity index (χ1) is 15.6. The van der Waals surface area contributed by atoms with Crippen LogP contribution in [0, 0.1) is 6.92 Å². The summed E-state index contributed by atoms with van der Waals surface area (Å²) < 4.78 is 29.7. The molecular formula is C21H22N4O6S2. The minimum Gasteiger partial charge on any atom is -0.451 e. The Balaban J connectivity index is 1.49. The summed E-state index contributed by atoms with van der Waals surface area (Å²) in [6.45, 7) is 1.69. The Morgan fingerprint density at radius 2 is 2.06 bits per heavy atom. The van der Waals surface area contributed by atoms with Crippen molar-refractivity contribution in [1.29, 1.82) is 0 Å². The minimum atomic E-state index is -3.92. The molecule has 0 saturated heterocycles. The number of hydrogen-bond acceptors (Lipinski definition) is 8. The van der Waals surface area contributed by atoms with Gasteiger partial charge in [0.2, 0.25) is 10.0 Å². The van der Waals surface area contributed by atoms with Crippen molar-refractivity contribution in [3.8, 4) is 0 Å². The number of sulfonamides is 1. The first-order valence-corrected chi connectivity index (χ1v) is 12.6. The number of thiophene rings is 1. The summed E-state index contributed by atoms with van der Waals surface area (Å²) in [5.41, 5.74) is 0.523. The van der Waals surface area contributed by atoms with Crippen LogP contribution >= 0.6 is 11.3 Å². The van der Waals surface area contributed by atoms with Crippen molar-refractivity contribution in [3.63, 3.8) is 0 Å². The normalized spacial score (nSPS) is 13.9. The van der Waals surface area contributed by atoms with Crippen LogP contribution in [0.15, 0.2) is 34.0 Å². The molecule has 33 heavy (non-hydrogen) atoms. The Kier molecular flexibility index (Phi) is 6.32. The van der Waals surface area contributed by atoms with Crippen LogP contribution in [0.5, 0.6) is 0 Å². The fourth-order valence-corrected chi connectivity index (χ4v) is 5.39. The highest BCUT2D eigenvalue weighted by Crippen LogP contribution is 2.29. The van der Waals surface area contributed by atoms with E-state index in [1.165, 1.54) is 24.3 Å². The number of esters is 1. The van der Waals surface area contributed by atoms with E-state index in [9.17, 15) is 22.8 Å². The third-order valence-corrected chi connectivity index (χ3v) is 7.45. The molecule has 0 spiro atoms. The zero-order chi connectivity index (χ0) is 23.8. The molecule has 0 aliphatic carbocycles. The van der Waals surface area contributed by atoms with Gasteiger partial charge >= 0.3 is 5.97 Å². The zero-order valence-corrected chi connectivity index (χ0v) is 19.4. The topological polar surface area (TPSA) is 150 Å². The predicted molar refractivity (Wildman–Crippen MR) is 123 cm³/mol. The lowest BCUT2D eigenvalue weighted by Gasteiger charge is -2.08. The average Bonchev–Trinajstić information content (AvgIpc) is 2.93. The number of ether oxygens (including phenoxy) is 1. The number of aryl methyl sites for hydroxylation is 2. The number of aromatic nitrogens is 2. The van der Waals surface area contributed by atoms with Crippen LogP contribution in [0.2, 0.25) is 0 Å². The Morgan fingerprint density at radius 3 is 2.82 bits per heavy atom. The molecule has 1 aliphatic rings. The van der Waals surface area contributed by atoms with Gasteiger partial charge in [-0.25, -0.2) is 23.3 Å². The lowest BCUT2D eigenvalue weighted by molar-refractivity contribution is -0.119. The number of hydrogen-bond donors (Lipinski definition) is 2. The summed E-state index contributed by atoms with van der Waals surface area (Å²) in [5.74, 6) is -0.658. The maximum atomic E-state index is 13.0. The standard InChI is InChI=1S/C21H22N4O6S2/c1-12-17-19(24-15-8-3-2-4-9-25(15)20(17)27)32-18(12)21(28)31-11-16(26)23-13-6-5-7-14(10-13)33(22,29)30/h5-7,10H,2-4,8-9,11H2,1H3,(H,23,26)(H2,22,29,30). The molecule has 0 saturated carbocycles. The summed E-state index contributed by atoms with van der Waals surface area (Å²) >= 11 is 1.07. The molecule has 3 aromatic rings. The summed E-state index contributed by atoms with van der Waals surface area (Å²) in [6.07, 6.45) is 3.63. The molecule has 10 nitrogen and oxygen atoms in total. The van der Waals surface area contributed by atoms with Crippen molar-refractivity contribution in [2.45, 2.75) is 44.0 Å². The number of rotatable bonds is 5. The zero-order valence-electron chi connectivity index (χ0n) is 17.8. The first kappa shape index (κ1) is 23.1. The fourth-order valence-electron chi connectivity index (χ4n) is 3.75. The third-order valence-electron chi connectivity index (χ3n) is 5.38. The lowest BCUT2D eigenvalue weighted by Crippen LogP contribution is -2.24. The summed E-state index contributed by atoms with van der Waals surface area (Å²) in [4.78, 5) is 43.0. The molecule has 0 fully saturated rings. The Labute approximate surface area is 193 Å². The Morgan fingerprint density at radius 1 is 1.27 bits per heavy atom. The summed E-state index contributed by atoms with van der Waals surface area (Å²) in [5, 5.41) is 7.95. The van der Waals surface area contributed by atoms with Crippen LogP contribution in [0.1, 0.15) is 40.3 Å². The van der Waals surface area contributed by atoms with Crippen molar-refractivity contribution >= 4 is 49.1 Å². The third kappa shape index (κ3) is 4.82. The van der Waals surface area contributed by atoms with Crippen LogP contribution in [0.4, 0.5) is 5.69 Å². The van der Waals surface area contributed by atoms with E-state index >= 15 is 0 Å². The molecular weight excluding hydrogens is 468 g/mol. The van der Waals surface area contributed by atoms with E-state index in [1.807, 2.05) is 0 Å². The van der Waals surface area contributed by atoms with E-state index in [4.69, 9.17) is 9.88 Å². The fraction of sp³-hybridized carbons (Fsp3) is 0.333. The molecule has 1 amide bonds. The molecule has 3 heterocycles. The molecule has 4 rings (SSSR count). The highest BCUT2D eigenvalue weighted by molar-refractivity contribution is 7.89. The number of benzene rings is 1. The van der Waals surface area contributed by atoms with E-state index < -0.39 is 28.5 Å². The number of primary sulfonamides is 1. The molecule has 3 N–H and O–H groups in total. The van der Waals surface area contributed by atoms with Gasteiger partial charge in [0.05, 0.1) is 10.3 Å². The molecule has 0 radical (unpaired) electrons. The molecule has 2 aromatic heterocycles. The number of carbonyl (C=O) groups excluding carboxylic acids is 2. The van der Waals surface area contributed by atoms with Crippen molar-refractivity contribution in [1.82, 2.24) is 9.55 Å². The van der Waals surface area contributed by atoms with Gasteiger partial charge in [0.25, 0.3) is 11.5 Å². The molecule has 0 bridgehead atoms. The minimum absolute atomic E-state index is 0.155. The lowest BCUT2D eigenvalue weighted by atomic mass is 10.2. The van der Waals surface area contributed by atoms with Gasteiger partial charge in [-0.2, -0.15) is 0 Å². The average molecular weight is 491 g/mol. The molecule has 1 aromatic carbocycles. The second kappa shape index (κ2) is 9.04. The molecule has 1 aliphatic heterocycles. The van der Waals surface area contributed by atoms with E-state index in [2.05, 4.69) is 10.3 Å². The van der Waals surface area contributed by atoms with Gasteiger partial charge in [0.1, 0.15) is 15.5 Å².